The van der Waals surface area contributed by atoms with Gasteiger partial charge in [0.2, 0.25) is 0 Å². The number of guanidine groups is 1. The van der Waals surface area contributed by atoms with Gasteiger partial charge in [0.15, 0.2) is 5.96 Å². The van der Waals surface area contributed by atoms with E-state index < -0.39 is 0 Å². The fourth-order valence-corrected chi connectivity index (χ4v) is 3.96. The van der Waals surface area contributed by atoms with Gasteiger partial charge in [0.25, 0.3) is 0 Å². The first kappa shape index (κ1) is 24.7. The Morgan fingerprint density at radius 2 is 1.90 bits per heavy atom. The molecule has 7 heteroatoms. The summed E-state index contributed by atoms with van der Waals surface area (Å²) in [7, 11) is 0. The SMILES string of the molecule is CCNC(=NCc1ccccc1-n1nc(C)cc1C)NC1CCN(C(C)C)CC1.I. The molecule has 1 aliphatic heterocycles. The van der Waals surface area contributed by atoms with Crippen molar-refractivity contribution in [3.05, 3.63) is 47.3 Å². The highest BCUT2D eigenvalue weighted by Gasteiger charge is 2.21. The Hall–Kier alpha value is -1.61. The predicted molar refractivity (Wildman–Crippen MR) is 136 cm³/mol. The Bertz CT molecular complexity index is 821. The quantitative estimate of drug-likeness (QED) is 0.341. The van der Waals surface area contributed by atoms with Gasteiger partial charge in [-0.2, -0.15) is 5.10 Å². The maximum absolute atomic E-state index is 4.89. The highest BCUT2D eigenvalue weighted by Crippen LogP contribution is 2.18. The molecule has 0 spiro atoms. The zero-order valence-electron chi connectivity index (χ0n) is 19.0. The molecule has 1 aromatic carbocycles. The molecular formula is C23H37IN6. The van der Waals surface area contributed by atoms with Crippen LogP contribution in [0.2, 0.25) is 0 Å². The van der Waals surface area contributed by atoms with E-state index in [1.165, 1.54) is 5.56 Å². The lowest BCUT2D eigenvalue weighted by Gasteiger charge is -2.35. The highest BCUT2D eigenvalue weighted by atomic mass is 127. The fourth-order valence-electron chi connectivity index (χ4n) is 3.96. The number of nitrogens with zero attached hydrogens (tertiary/aromatic N) is 4. The molecule has 2 heterocycles. The molecule has 0 bridgehead atoms. The van der Waals surface area contributed by atoms with E-state index in [2.05, 4.69) is 78.7 Å². The van der Waals surface area contributed by atoms with Crippen molar-refractivity contribution in [2.75, 3.05) is 19.6 Å². The molecular weight excluding hydrogens is 487 g/mol. The largest absolute Gasteiger partial charge is 0.357 e. The summed E-state index contributed by atoms with van der Waals surface area (Å²) < 4.78 is 2.02. The molecule has 0 atom stereocenters. The molecule has 2 N–H and O–H groups in total. The number of piperidine rings is 1. The van der Waals surface area contributed by atoms with Crippen LogP contribution in [0.3, 0.4) is 0 Å². The number of hydrogen-bond acceptors (Lipinski definition) is 3. The van der Waals surface area contributed by atoms with Crippen LogP contribution in [0.25, 0.3) is 5.69 Å². The van der Waals surface area contributed by atoms with E-state index >= 15 is 0 Å². The van der Waals surface area contributed by atoms with Crippen molar-refractivity contribution in [3.63, 3.8) is 0 Å². The Labute approximate surface area is 198 Å². The molecule has 2 aromatic rings. The lowest BCUT2D eigenvalue weighted by molar-refractivity contribution is 0.167. The van der Waals surface area contributed by atoms with Crippen molar-refractivity contribution >= 4 is 29.9 Å². The second-order valence-electron chi connectivity index (χ2n) is 8.21. The minimum Gasteiger partial charge on any atom is -0.357 e. The maximum Gasteiger partial charge on any atom is 0.191 e. The summed E-state index contributed by atoms with van der Waals surface area (Å²) in [5, 5.41) is 11.7. The first-order valence-electron chi connectivity index (χ1n) is 10.9. The first-order chi connectivity index (χ1) is 14.0. The van der Waals surface area contributed by atoms with E-state index in [-0.39, 0.29) is 24.0 Å². The number of aliphatic imine (C=N–C) groups is 1. The summed E-state index contributed by atoms with van der Waals surface area (Å²) >= 11 is 0. The average Bonchev–Trinajstić information content (AvgIpc) is 3.05. The van der Waals surface area contributed by atoms with Crippen LogP contribution in [-0.4, -0.2) is 52.4 Å². The van der Waals surface area contributed by atoms with Crippen molar-refractivity contribution in [2.45, 2.75) is 66.1 Å². The minimum absolute atomic E-state index is 0. The first-order valence-corrected chi connectivity index (χ1v) is 10.9. The zero-order valence-corrected chi connectivity index (χ0v) is 21.3. The topological polar surface area (TPSA) is 57.5 Å². The number of para-hydroxylation sites is 1. The smallest absolute Gasteiger partial charge is 0.191 e. The molecule has 0 aliphatic carbocycles. The molecule has 1 aliphatic rings. The Morgan fingerprint density at radius 3 is 2.50 bits per heavy atom. The van der Waals surface area contributed by atoms with Gasteiger partial charge in [0.05, 0.1) is 17.9 Å². The number of hydrogen-bond donors (Lipinski definition) is 2. The normalized spacial score (nSPS) is 15.9. The van der Waals surface area contributed by atoms with Crippen LogP contribution in [0, 0.1) is 13.8 Å². The Morgan fingerprint density at radius 1 is 1.20 bits per heavy atom. The Balaban J connectivity index is 0.00000320. The molecule has 0 amide bonds. The van der Waals surface area contributed by atoms with Crippen LogP contribution < -0.4 is 10.6 Å². The predicted octanol–water partition coefficient (Wildman–Crippen LogP) is 4.04. The number of benzene rings is 1. The number of aryl methyl sites for hydroxylation is 2. The standard InChI is InChI=1S/C23H36N6.HI/c1-6-24-23(26-21-11-13-28(14-12-21)17(2)3)25-16-20-9-7-8-10-22(20)29-19(5)15-18(4)27-29;/h7-10,15,17,21H,6,11-14,16H2,1-5H3,(H2,24,25,26);1H. The van der Waals surface area contributed by atoms with Crippen LogP contribution in [0.4, 0.5) is 0 Å². The summed E-state index contributed by atoms with van der Waals surface area (Å²) in [6, 6.07) is 11.6. The van der Waals surface area contributed by atoms with Gasteiger partial charge < -0.3 is 15.5 Å². The third-order valence-corrected chi connectivity index (χ3v) is 5.58. The van der Waals surface area contributed by atoms with Gasteiger partial charge in [-0.05, 0) is 65.2 Å². The van der Waals surface area contributed by atoms with E-state index in [9.17, 15) is 0 Å². The molecule has 1 aromatic heterocycles. The molecule has 0 unspecified atom stereocenters. The number of halogens is 1. The van der Waals surface area contributed by atoms with Crippen LogP contribution in [0.15, 0.2) is 35.3 Å². The highest BCUT2D eigenvalue weighted by molar-refractivity contribution is 14.0. The lowest BCUT2D eigenvalue weighted by Crippen LogP contribution is -2.49. The third kappa shape index (κ3) is 6.44. The summed E-state index contributed by atoms with van der Waals surface area (Å²) in [6.07, 6.45) is 2.32. The van der Waals surface area contributed by atoms with Crippen molar-refractivity contribution in [1.82, 2.24) is 25.3 Å². The van der Waals surface area contributed by atoms with Crippen molar-refractivity contribution in [2.24, 2.45) is 4.99 Å². The summed E-state index contributed by atoms with van der Waals surface area (Å²) in [4.78, 5) is 7.44. The van der Waals surface area contributed by atoms with Crippen LogP contribution >= 0.6 is 24.0 Å². The second-order valence-corrected chi connectivity index (χ2v) is 8.21. The minimum atomic E-state index is 0. The van der Waals surface area contributed by atoms with E-state index in [4.69, 9.17) is 4.99 Å². The van der Waals surface area contributed by atoms with Gasteiger partial charge in [-0.3, -0.25) is 0 Å². The Kier molecular flexibility index (Phi) is 9.61. The van der Waals surface area contributed by atoms with Crippen molar-refractivity contribution in [1.29, 1.82) is 0 Å². The van der Waals surface area contributed by atoms with E-state index in [1.54, 1.807) is 0 Å². The van der Waals surface area contributed by atoms with Crippen molar-refractivity contribution < 1.29 is 0 Å². The molecule has 30 heavy (non-hydrogen) atoms. The van der Waals surface area contributed by atoms with Gasteiger partial charge in [-0.25, -0.2) is 9.67 Å². The molecule has 166 valence electrons. The molecule has 3 rings (SSSR count). The summed E-state index contributed by atoms with van der Waals surface area (Å²) in [5.74, 6) is 0.902. The molecule has 1 saturated heterocycles. The molecule has 0 saturated carbocycles. The number of likely N-dealkylation sites (tertiary alicyclic amines) is 1. The van der Waals surface area contributed by atoms with Gasteiger partial charge in [-0.1, -0.05) is 18.2 Å². The fraction of sp³-hybridized carbons (Fsp3) is 0.565. The van der Waals surface area contributed by atoms with E-state index in [0.29, 0.717) is 18.6 Å². The van der Waals surface area contributed by atoms with Crippen LogP contribution in [0.5, 0.6) is 0 Å². The van der Waals surface area contributed by atoms with Crippen molar-refractivity contribution in [3.8, 4) is 5.69 Å². The summed E-state index contributed by atoms with van der Waals surface area (Å²) in [6.45, 7) is 14.6. The van der Waals surface area contributed by atoms with Gasteiger partial charge in [0, 0.05) is 37.4 Å². The molecule has 0 radical (unpaired) electrons. The third-order valence-electron chi connectivity index (χ3n) is 5.58. The number of rotatable bonds is 6. The van der Waals surface area contributed by atoms with Gasteiger partial charge in [0.1, 0.15) is 0 Å². The molecule has 1 fully saturated rings. The summed E-state index contributed by atoms with van der Waals surface area (Å²) in [5.41, 5.74) is 4.44. The number of aromatic nitrogens is 2. The lowest BCUT2D eigenvalue weighted by atomic mass is 10.0. The molecule has 6 nitrogen and oxygen atoms in total. The van der Waals surface area contributed by atoms with Crippen LogP contribution in [-0.2, 0) is 6.54 Å². The van der Waals surface area contributed by atoms with Gasteiger partial charge >= 0.3 is 0 Å². The van der Waals surface area contributed by atoms with Gasteiger partial charge in [-0.15, -0.1) is 24.0 Å². The monoisotopic (exact) mass is 524 g/mol. The number of nitrogens with one attached hydrogen (secondary N) is 2. The second kappa shape index (κ2) is 11.7. The maximum atomic E-state index is 4.89. The zero-order chi connectivity index (χ0) is 20.8. The van der Waals surface area contributed by atoms with Crippen LogP contribution in [0.1, 0.15) is 50.6 Å². The average molecular weight is 524 g/mol. The van der Waals surface area contributed by atoms with E-state index in [1.807, 2.05) is 11.6 Å². The van der Waals surface area contributed by atoms with E-state index in [0.717, 1.165) is 55.5 Å².